The van der Waals surface area contributed by atoms with Gasteiger partial charge < -0.3 is 11.5 Å². The van der Waals surface area contributed by atoms with E-state index < -0.39 is 0 Å². The number of rotatable bonds is 2. The summed E-state index contributed by atoms with van der Waals surface area (Å²) in [6, 6.07) is 27.8. The van der Waals surface area contributed by atoms with Crippen molar-refractivity contribution in [2.24, 2.45) is 0 Å². The summed E-state index contributed by atoms with van der Waals surface area (Å²) >= 11 is 18.6. The summed E-state index contributed by atoms with van der Waals surface area (Å²) < 4.78 is 1.73. The van der Waals surface area contributed by atoms with Crippen molar-refractivity contribution < 1.29 is 0 Å². The molecule has 0 amide bonds. The molecule has 0 bridgehead atoms. The highest BCUT2D eigenvalue weighted by Crippen LogP contribution is 2.36. The quantitative estimate of drug-likeness (QED) is 0.239. The molecule has 0 aliphatic heterocycles. The fraction of sp³-hybridized carbons (Fsp3) is 0. The van der Waals surface area contributed by atoms with Gasteiger partial charge in [0.25, 0.3) is 0 Å². The Kier molecular flexibility index (Phi) is 7.84. The normalized spacial score (nSPS) is 10.3. The number of hydrogen-bond donors (Lipinski definition) is 2. The van der Waals surface area contributed by atoms with Crippen LogP contribution in [0.3, 0.4) is 0 Å². The molecule has 0 aliphatic rings. The molecule has 0 heterocycles. The molecule has 0 saturated carbocycles. The van der Waals surface area contributed by atoms with Gasteiger partial charge in [0, 0.05) is 14.5 Å². The van der Waals surface area contributed by atoms with Gasteiger partial charge in [-0.15, -0.1) is 0 Å². The minimum atomic E-state index is 0.557. The van der Waals surface area contributed by atoms with Gasteiger partial charge in [-0.3, -0.25) is 0 Å². The van der Waals surface area contributed by atoms with Crippen molar-refractivity contribution >= 4 is 66.4 Å². The summed E-state index contributed by atoms with van der Waals surface area (Å²) in [5.41, 5.74) is 17.1. The van der Waals surface area contributed by atoms with E-state index in [1.807, 2.05) is 60.7 Å². The molecule has 4 aromatic carbocycles. The highest BCUT2D eigenvalue weighted by Gasteiger charge is 2.09. The third-order valence-corrected chi connectivity index (χ3v) is 6.10. The van der Waals surface area contributed by atoms with E-state index >= 15 is 0 Å². The largest absolute Gasteiger partial charge is 0.397 e. The average molecular weight is 565 g/mol. The van der Waals surface area contributed by atoms with E-state index in [1.165, 1.54) is 0 Å². The Bertz CT molecular complexity index is 1130. The van der Waals surface area contributed by atoms with E-state index in [1.54, 1.807) is 6.07 Å². The van der Waals surface area contributed by atoms with Crippen LogP contribution in [0, 0.1) is 0 Å². The summed E-state index contributed by atoms with van der Waals surface area (Å²) in [5, 5.41) is 1.14. The summed E-state index contributed by atoms with van der Waals surface area (Å²) in [5.74, 6) is 0. The monoisotopic (exact) mass is 562 g/mol. The van der Waals surface area contributed by atoms with E-state index in [-0.39, 0.29) is 0 Å². The molecule has 4 rings (SSSR count). The summed E-state index contributed by atoms with van der Waals surface area (Å²) in [4.78, 5) is 0. The topological polar surface area (TPSA) is 52.0 Å². The summed E-state index contributed by atoms with van der Waals surface area (Å²) in [6.07, 6.45) is 0. The Labute approximate surface area is 203 Å². The van der Waals surface area contributed by atoms with Crippen LogP contribution in [0.15, 0.2) is 93.9 Å². The SMILES string of the molecule is Nc1c(Cl)cc(-c2ccccc2)cc1-c1ccccc1.Nc1c(Cl)cc(Br)cc1Br. The van der Waals surface area contributed by atoms with Crippen LogP contribution in [0.1, 0.15) is 0 Å². The highest BCUT2D eigenvalue weighted by atomic mass is 79.9. The first-order valence-electron chi connectivity index (χ1n) is 8.96. The van der Waals surface area contributed by atoms with Crippen LogP contribution >= 0.6 is 55.1 Å². The second-order valence-electron chi connectivity index (χ2n) is 6.43. The van der Waals surface area contributed by atoms with Gasteiger partial charge in [-0.1, -0.05) is 99.8 Å². The lowest BCUT2D eigenvalue weighted by atomic mass is 9.97. The Morgan fingerprint density at radius 1 is 0.567 bits per heavy atom. The lowest BCUT2D eigenvalue weighted by Crippen LogP contribution is -1.93. The van der Waals surface area contributed by atoms with Crippen molar-refractivity contribution in [2.45, 2.75) is 0 Å². The van der Waals surface area contributed by atoms with Crippen molar-refractivity contribution in [2.75, 3.05) is 11.5 Å². The maximum Gasteiger partial charge on any atom is 0.0658 e. The zero-order valence-electron chi connectivity index (χ0n) is 15.7. The van der Waals surface area contributed by atoms with Crippen molar-refractivity contribution in [3.63, 3.8) is 0 Å². The van der Waals surface area contributed by atoms with Crippen LogP contribution in [0.4, 0.5) is 11.4 Å². The highest BCUT2D eigenvalue weighted by molar-refractivity contribution is 9.11. The maximum atomic E-state index is 6.29. The average Bonchev–Trinajstić information content (AvgIpc) is 2.75. The summed E-state index contributed by atoms with van der Waals surface area (Å²) in [7, 11) is 0. The summed E-state index contributed by atoms with van der Waals surface area (Å²) in [6.45, 7) is 0. The third kappa shape index (κ3) is 5.58. The van der Waals surface area contributed by atoms with E-state index in [0.29, 0.717) is 21.4 Å². The van der Waals surface area contributed by atoms with Gasteiger partial charge in [0.2, 0.25) is 0 Å². The third-order valence-electron chi connectivity index (χ3n) is 4.37. The molecule has 4 aromatic rings. The van der Waals surface area contributed by atoms with Crippen LogP contribution in [-0.2, 0) is 0 Å². The molecule has 0 aliphatic carbocycles. The Hall–Kier alpha value is -1.98. The number of hydrogen-bond acceptors (Lipinski definition) is 2. The number of nitrogen functional groups attached to an aromatic ring is 2. The first-order valence-corrected chi connectivity index (χ1v) is 11.3. The lowest BCUT2D eigenvalue weighted by Gasteiger charge is -2.11. The molecule has 30 heavy (non-hydrogen) atoms. The molecule has 4 N–H and O–H groups in total. The second kappa shape index (κ2) is 10.4. The van der Waals surface area contributed by atoms with Gasteiger partial charge in [-0.05, 0) is 56.9 Å². The number of nitrogens with two attached hydrogens (primary N) is 2. The van der Waals surface area contributed by atoms with Crippen LogP contribution < -0.4 is 11.5 Å². The smallest absolute Gasteiger partial charge is 0.0658 e. The molecule has 0 radical (unpaired) electrons. The molecular weight excluding hydrogens is 547 g/mol. The van der Waals surface area contributed by atoms with E-state index in [4.69, 9.17) is 34.7 Å². The van der Waals surface area contributed by atoms with Gasteiger partial charge in [0.1, 0.15) is 0 Å². The molecule has 6 heteroatoms. The van der Waals surface area contributed by atoms with Crippen LogP contribution in [0.5, 0.6) is 0 Å². The van der Waals surface area contributed by atoms with E-state index in [2.05, 4.69) is 50.1 Å². The minimum Gasteiger partial charge on any atom is -0.397 e. The van der Waals surface area contributed by atoms with Crippen molar-refractivity contribution in [1.29, 1.82) is 0 Å². The Morgan fingerprint density at radius 3 is 1.67 bits per heavy atom. The van der Waals surface area contributed by atoms with Crippen LogP contribution in [0.2, 0.25) is 10.0 Å². The molecule has 0 unspecified atom stereocenters. The first-order chi connectivity index (χ1) is 14.4. The van der Waals surface area contributed by atoms with Gasteiger partial charge in [0.15, 0.2) is 0 Å². The lowest BCUT2D eigenvalue weighted by molar-refractivity contribution is 1.58. The zero-order valence-corrected chi connectivity index (χ0v) is 20.4. The van der Waals surface area contributed by atoms with E-state index in [9.17, 15) is 0 Å². The zero-order chi connectivity index (χ0) is 21.7. The molecule has 152 valence electrons. The fourth-order valence-corrected chi connectivity index (χ4v) is 4.73. The number of anilines is 2. The van der Waals surface area contributed by atoms with Crippen molar-refractivity contribution in [3.05, 3.63) is 104 Å². The van der Waals surface area contributed by atoms with Crippen molar-refractivity contribution in [1.82, 2.24) is 0 Å². The van der Waals surface area contributed by atoms with E-state index in [0.717, 1.165) is 31.2 Å². The molecule has 2 nitrogen and oxygen atoms in total. The predicted octanol–water partition coefficient (Wildman–Crippen LogP) is 8.70. The van der Waals surface area contributed by atoms with Gasteiger partial charge in [-0.25, -0.2) is 0 Å². The Balaban J connectivity index is 0.000000216. The number of benzene rings is 4. The molecular formula is C24H18Br2Cl2N2. The minimum absolute atomic E-state index is 0.557. The molecule has 0 atom stereocenters. The molecule has 0 aromatic heterocycles. The first kappa shape index (κ1) is 22.7. The van der Waals surface area contributed by atoms with Gasteiger partial charge in [-0.2, -0.15) is 0 Å². The van der Waals surface area contributed by atoms with Crippen LogP contribution in [-0.4, -0.2) is 0 Å². The fourth-order valence-electron chi connectivity index (χ4n) is 2.83. The van der Waals surface area contributed by atoms with Crippen LogP contribution in [0.25, 0.3) is 22.3 Å². The van der Waals surface area contributed by atoms with Gasteiger partial charge >= 0.3 is 0 Å². The Morgan fingerprint density at radius 2 is 1.10 bits per heavy atom. The molecule has 0 saturated heterocycles. The second-order valence-corrected chi connectivity index (χ2v) is 9.02. The maximum absolute atomic E-state index is 6.29. The van der Waals surface area contributed by atoms with Crippen molar-refractivity contribution in [3.8, 4) is 22.3 Å². The van der Waals surface area contributed by atoms with Gasteiger partial charge in [0.05, 0.1) is 21.4 Å². The number of halogens is 4. The predicted molar refractivity (Wildman–Crippen MR) is 138 cm³/mol. The molecule has 0 spiro atoms. The molecule has 0 fully saturated rings. The standard InChI is InChI=1S/C18H14ClN.C6H4Br2ClN/c19-17-12-15(13-7-3-1-4-8-13)11-16(18(17)20)14-9-5-2-6-10-14;7-3-1-4(8)6(10)5(9)2-3/h1-12H,20H2;1-2H,10H2.